The van der Waals surface area contributed by atoms with Crippen molar-refractivity contribution < 1.29 is 0 Å². The maximum absolute atomic E-state index is 8.73. The molecule has 0 aromatic heterocycles. The van der Waals surface area contributed by atoms with Crippen molar-refractivity contribution in [3.05, 3.63) is 70.8 Å². The lowest BCUT2D eigenvalue weighted by molar-refractivity contribution is 0.871. The molecule has 22 heavy (non-hydrogen) atoms. The van der Waals surface area contributed by atoms with Crippen LogP contribution in [0.15, 0.2) is 48.5 Å². The van der Waals surface area contributed by atoms with E-state index in [4.69, 9.17) is 21.7 Å². The van der Waals surface area contributed by atoms with Crippen molar-refractivity contribution in [3.63, 3.8) is 0 Å². The second kappa shape index (κ2) is 8.36. The summed E-state index contributed by atoms with van der Waals surface area (Å²) in [6.07, 6.45) is 0. The van der Waals surface area contributed by atoms with Crippen LogP contribution in [0.5, 0.6) is 0 Å². The average molecular weight is 290 g/mol. The molecule has 4 heteroatoms. The Hall–Kier alpha value is -2.95. The van der Waals surface area contributed by atoms with E-state index in [9.17, 15) is 0 Å². The van der Waals surface area contributed by atoms with E-state index in [-0.39, 0.29) is 6.04 Å². The van der Waals surface area contributed by atoms with Crippen LogP contribution in [-0.4, -0.2) is 5.71 Å². The Bertz CT molecular complexity index is 639. The van der Waals surface area contributed by atoms with E-state index in [0.29, 0.717) is 16.8 Å². The summed E-state index contributed by atoms with van der Waals surface area (Å²) in [7, 11) is 0. The third kappa shape index (κ3) is 5.20. The summed E-state index contributed by atoms with van der Waals surface area (Å²) in [4.78, 5) is 0. The smallest absolute Gasteiger partial charge is 0.0991 e. The quantitative estimate of drug-likeness (QED) is 0.828. The predicted molar refractivity (Wildman–Crippen MR) is 87.4 cm³/mol. The van der Waals surface area contributed by atoms with Gasteiger partial charge in [0.2, 0.25) is 0 Å². The SMILES string of the molecule is CC(C)=N.N#Cc1ccc(C(N)c2ccc(C#N)cc2)cc1. The minimum Gasteiger partial charge on any atom is -0.320 e. The van der Waals surface area contributed by atoms with Crippen molar-refractivity contribution in [1.29, 1.82) is 15.9 Å². The van der Waals surface area contributed by atoms with Gasteiger partial charge < -0.3 is 11.1 Å². The molecular weight excluding hydrogens is 272 g/mol. The standard InChI is InChI=1S/C15H11N3.C3H7N/c16-9-11-1-5-13(6-2-11)15(18)14-7-3-12(10-17)4-8-14;1-3(2)4/h1-8,15H,18H2;4H,1-2H3. The van der Waals surface area contributed by atoms with Crippen LogP contribution in [0, 0.1) is 28.1 Å². The Morgan fingerprint density at radius 2 is 1.14 bits per heavy atom. The molecule has 2 rings (SSSR count). The first-order chi connectivity index (χ1) is 10.5. The van der Waals surface area contributed by atoms with Crippen LogP contribution in [-0.2, 0) is 0 Å². The van der Waals surface area contributed by atoms with Gasteiger partial charge in [-0.05, 0) is 49.2 Å². The summed E-state index contributed by atoms with van der Waals surface area (Å²) < 4.78 is 0. The van der Waals surface area contributed by atoms with Crippen molar-refractivity contribution in [2.75, 3.05) is 0 Å². The lowest BCUT2D eigenvalue weighted by atomic mass is 9.98. The molecule has 3 N–H and O–H groups in total. The fourth-order valence-corrected chi connectivity index (χ4v) is 1.72. The fourth-order valence-electron chi connectivity index (χ4n) is 1.72. The van der Waals surface area contributed by atoms with Crippen molar-refractivity contribution in [2.24, 2.45) is 5.73 Å². The number of hydrogen-bond acceptors (Lipinski definition) is 4. The molecule has 0 aliphatic carbocycles. The molecule has 0 aliphatic rings. The van der Waals surface area contributed by atoms with E-state index in [1.165, 1.54) is 0 Å². The number of nitrogens with one attached hydrogen (secondary N) is 1. The highest BCUT2D eigenvalue weighted by molar-refractivity contribution is 5.75. The Morgan fingerprint density at radius 3 is 1.36 bits per heavy atom. The van der Waals surface area contributed by atoms with E-state index < -0.39 is 0 Å². The second-order valence-corrected chi connectivity index (χ2v) is 4.95. The van der Waals surface area contributed by atoms with Crippen LogP contribution >= 0.6 is 0 Å². The second-order valence-electron chi connectivity index (χ2n) is 4.95. The summed E-state index contributed by atoms with van der Waals surface area (Å²) in [5.41, 5.74) is 9.92. The van der Waals surface area contributed by atoms with Crippen LogP contribution in [0.3, 0.4) is 0 Å². The first-order valence-corrected chi connectivity index (χ1v) is 6.75. The summed E-state index contributed by atoms with van der Waals surface area (Å²) in [6, 6.07) is 18.3. The molecule has 0 fully saturated rings. The Morgan fingerprint density at radius 1 is 0.864 bits per heavy atom. The molecule has 0 heterocycles. The van der Waals surface area contributed by atoms with Crippen molar-refractivity contribution in [1.82, 2.24) is 0 Å². The van der Waals surface area contributed by atoms with E-state index in [0.717, 1.165) is 11.1 Å². The van der Waals surface area contributed by atoms with Crippen LogP contribution in [0.1, 0.15) is 42.1 Å². The third-order valence-corrected chi connectivity index (χ3v) is 2.80. The van der Waals surface area contributed by atoms with Gasteiger partial charge in [-0.15, -0.1) is 0 Å². The van der Waals surface area contributed by atoms with Gasteiger partial charge >= 0.3 is 0 Å². The topological polar surface area (TPSA) is 97.4 Å². The molecule has 2 aromatic rings. The van der Waals surface area contributed by atoms with E-state index in [2.05, 4.69) is 12.1 Å². The molecule has 2 aromatic carbocycles. The van der Waals surface area contributed by atoms with Crippen LogP contribution in [0.25, 0.3) is 0 Å². The summed E-state index contributed by atoms with van der Waals surface area (Å²) in [5.74, 6) is 0. The van der Waals surface area contributed by atoms with Gasteiger partial charge in [0, 0.05) is 5.71 Å². The molecule has 0 aliphatic heterocycles. The van der Waals surface area contributed by atoms with Gasteiger partial charge in [0.15, 0.2) is 0 Å². The highest BCUT2D eigenvalue weighted by atomic mass is 14.6. The zero-order valence-electron chi connectivity index (χ0n) is 12.7. The Labute approximate surface area is 130 Å². The molecule has 0 saturated heterocycles. The van der Waals surface area contributed by atoms with Crippen LogP contribution < -0.4 is 5.73 Å². The largest absolute Gasteiger partial charge is 0.320 e. The number of nitrogens with zero attached hydrogens (tertiary/aromatic N) is 2. The number of benzene rings is 2. The van der Waals surface area contributed by atoms with Gasteiger partial charge in [0.05, 0.1) is 29.3 Å². The van der Waals surface area contributed by atoms with Crippen molar-refractivity contribution in [3.8, 4) is 12.1 Å². The first-order valence-electron chi connectivity index (χ1n) is 6.75. The van der Waals surface area contributed by atoms with Gasteiger partial charge in [-0.1, -0.05) is 24.3 Å². The van der Waals surface area contributed by atoms with E-state index in [1.54, 1.807) is 38.1 Å². The molecule has 0 unspecified atom stereocenters. The van der Waals surface area contributed by atoms with E-state index in [1.807, 2.05) is 24.3 Å². The molecule has 110 valence electrons. The fraction of sp³-hybridized carbons (Fsp3) is 0.167. The molecule has 0 amide bonds. The number of hydrogen-bond donors (Lipinski definition) is 2. The first kappa shape index (κ1) is 17.1. The molecule has 0 spiro atoms. The number of rotatable bonds is 2. The summed E-state index contributed by atoms with van der Waals surface area (Å²) in [6.45, 7) is 3.50. The maximum atomic E-state index is 8.73. The maximum Gasteiger partial charge on any atom is 0.0991 e. The van der Waals surface area contributed by atoms with Gasteiger partial charge in [-0.2, -0.15) is 10.5 Å². The zero-order valence-corrected chi connectivity index (χ0v) is 12.7. The Kier molecular flexibility index (Phi) is 6.50. The Balaban J connectivity index is 0.000000541. The number of nitrogens with two attached hydrogens (primary N) is 1. The molecular formula is C18H18N4. The van der Waals surface area contributed by atoms with Gasteiger partial charge in [0.25, 0.3) is 0 Å². The van der Waals surface area contributed by atoms with Crippen LogP contribution in [0.2, 0.25) is 0 Å². The van der Waals surface area contributed by atoms with Gasteiger partial charge in [-0.25, -0.2) is 0 Å². The number of nitriles is 2. The molecule has 0 saturated carbocycles. The lowest BCUT2D eigenvalue weighted by Crippen LogP contribution is -2.11. The summed E-state index contributed by atoms with van der Waals surface area (Å²) in [5, 5.41) is 24.0. The highest BCUT2D eigenvalue weighted by Gasteiger charge is 2.08. The minimum atomic E-state index is -0.245. The normalized spacial score (nSPS) is 9.18. The van der Waals surface area contributed by atoms with Crippen molar-refractivity contribution >= 4 is 5.71 Å². The lowest BCUT2D eigenvalue weighted by Gasteiger charge is -2.12. The predicted octanol–water partition coefficient (Wildman–Crippen LogP) is 3.52. The average Bonchev–Trinajstić information content (AvgIpc) is 2.54. The van der Waals surface area contributed by atoms with Gasteiger partial charge in [-0.3, -0.25) is 0 Å². The monoisotopic (exact) mass is 290 g/mol. The molecule has 0 radical (unpaired) electrons. The van der Waals surface area contributed by atoms with Gasteiger partial charge in [0.1, 0.15) is 0 Å². The van der Waals surface area contributed by atoms with E-state index >= 15 is 0 Å². The molecule has 0 atom stereocenters. The third-order valence-electron chi connectivity index (χ3n) is 2.80. The molecule has 0 bridgehead atoms. The molecule has 4 nitrogen and oxygen atoms in total. The minimum absolute atomic E-state index is 0.245. The van der Waals surface area contributed by atoms with Crippen LogP contribution in [0.4, 0.5) is 0 Å². The highest BCUT2D eigenvalue weighted by Crippen LogP contribution is 2.20. The zero-order chi connectivity index (χ0) is 16.5. The van der Waals surface area contributed by atoms with Crippen molar-refractivity contribution in [2.45, 2.75) is 19.9 Å². The summed E-state index contributed by atoms with van der Waals surface area (Å²) >= 11 is 0.